The van der Waals surface area contributed by atoms with Crippen LogP contribution in [0, 0.1) is 0 Å². The van der Waals surface area contributed by atoms with Crippen molar-refractivity contribution in [1.29, 1.82) is 0 Å². The van der Waals surface area contributed by atoms with Crippen LogP contribution in [0.2, 0.25) is 0 Å². The van der Waals surface area contributed by atoms with Gasteiger partial charge in [-0.15, -0.1) is 0 Å². The number of Topliss-reactive ketones (excluding diaryl/α,β-unsaturated/α-hetero) is 1. The molecule has 0 saturated carbocycles. The number of carbonyl (C=O) groups is 1. The van der Waals surface area contributed by atoms with Gasteiger partial charge in [0.25, 0.3) is 0 Å². The van der Waals surface area contributed by atoms with Crippen LogP contribution in [0.3, 0.4) is 0 Å². The number of hydrogen-bond donors (Lipinski definition) is 0. The van der Waals surface area contributed by atoms with Gasteiger partial charge in [-0.3, -0.25) is 9.78 Å². The Labute approximate surface area is 84.1 Å². The molecule has 0 radical (unpaired) electrons. The first-order valence-corrected chi connectivity index (χ1v) is 4.82. The third-order valence-corrected chi connectivity index (χ3v) is 1.83. The first-order chi connectivity index (χ1) is 6.83. The number of hydrogen-bond acceptors (Lipinski definition) is 3. The molecule has 0 N–H and O–H groups in total. The van der Waals surface area contributed by atoms with Crippen LogP contribution in [0.25, 0.3) is 0 Å². The van der Waals surface area contributed by atoms with E-state index >= 15 is 0 Å². The number of aromatic nitrogens is 1. The van der Waals surface area contributed by atoms with Crippen molar-refractivity contribution >= 4 is 5.78 Å². The molecule has 3 nitrogen and oxygen atoms in total. The molecule has 1 aromatic rings. The van der Waals surface area contributed by atoms with Crippen LogP contribution in [0.15, 0.2) is 24.4 Å². The van der Waals surface area contributed by atoms with Crippen molar-refractivity contribution in [3.63, 3.8) is 0 Å². The molecule has 1 aromatic heterocycles. The summed E-state index contributed by atoms with van der Waals surface area (Å²) >= 11 is 0. The second-order valence-corrected chi connectivity index (χ2v) is 2.98. The monoisotopic (exact) mass is 193 g/mol. The smallest absolute Gasteiger partial charge is 0.141 e. The Morgan fingerprint density at radius 3 is 3.00 bits per heavy atom. The van der Waals surface area contributed by atoms with Crippen LogP contribution >= 0.6 is 0 Å². The maximum absolute atomic E-state index is 11.4. The predicted molar refractivity (Wildman–Crippen MR) is 54.1 cm³/mol. The highest BCUT2D eigenvalue weighted by Crippen LogP contribution is 1.98. The number of ether oxygens (including phenoxy) is 1. The van der Waals surface area contributed by atoms with Gasteiger partial charge in [0.1, 0.15) is 5.78 Å². The van der Waals surface area contributed by atoms with Crippen molar-refractivity contribution in [3.8, 4) is 0 Å². The number of rotatable bonds is 6. The molecule has 0 aromatic carbocycles. The summed E-state index contributed by atoms with van der Waals surface area (Å²) in [5.74, 6) is 0.178. The first-order valence-electron chi connectivity index (χ1n) is 4.82. The fourth-order valence-corrected chi connectivity index (χ4v) is 1.12. The summed E-state index contributed by atoms with van der Waals surface area (Å²) in [5, 5.41) is 0. The van der Waals surface area contributed by atoms with E-state index in [4.69, 9.17) is 4.74 Å². The van der Waals surface area contributed by atoms with E-state index < -0.39 is 0 Å². The summed E-state index contributed by atoms with van der Waals surface area (Å²) in [6.07, 6.45) is 2.59. The number of carbonyl (C=O) groups excluding carboxylic acids is 1. The lowest BCUT2D eigenvalue weighted by molar-refractivity contribution is -0.119. The summed E-state index contributed by atoms with van der Waals surface area (Å²) < 4.78 is 5.10. The first kappa shape index (κ1) is 10.9. The molecule has 0 amide bonds. The van der Waals surface area contributed by atoms with Crippen molar-refractivity contribution in [2.24, 2.45) is 0 Å². The van der Waals surface area contributed by atoms with Crippen LogP contribution in [-0.4, -0.2) is 24.0 Å². The van der Waals surface area contributed by atoms with Crippen LogP contribution in [0.1, 0.15) is 19.0 Å². The van der Waals surface area contributed by atoms with E-state index in [1.165, 1.54) is 0 Å². The Hall–Kier alpha value is -1.22. The maximum Gasteiger partial charge on any atom is 0.141 e. The van der Waals surface area contributed by atoms with Crippen molar-refractivity contribution in [2.45, 2.75) is 19.8 Å². The highest BCUT2D eigenvalue weighted by Gasteiger charge is 2.03. The topological polar surface area (TPSA) is 39.2 Å². The third kappa shape index (κ3) is 4.14. The lowest BCUT2D eigenvalue weighted by atomic mass is 10.1. The molecule has 0 bridgehead atoms. The van der Waals surface area contributed by atoms with Crippen LogP contribution in [0.5, 0.6) is 0 Å². The standard InChI is InChI=1S/C11H15NO2/c1-2-14-8-6-11(13)9-10-5-3-4-7-12-10/h3-5,7H,2,6,8-9H2,1H3. The van der Waals surface area contributed by atoms with Gasteiger partial charge < -0.3 is 4.74 Å². The van der Waals surface area contributed by atoms with Crippen LogP contribution in [-0.2, 0) is 16.0 Å². The summed E-state index contributed by atoms with van der Waals surface area (Å²) in [6, 6.07) is 5.59. The average Bonchev–Trinajstić information content (AvgIpc) is 2.20. The maximum atomic E-state index is 11.4. The summed E-state index contributed by atoms with van der Waals surface area (Å²) in [6.45, 7) is 3.10. The molecule has 0 aliphatic carbocycles. The van der Waals surface area contributed by atoms with E-state index in [2.05, 4.69) is 4.98 Å². The second-order valence-electron chi connectivity index (χ2n) is 2.98. The minimum absolute atomic E-state index is 0.178. The van der Waals surface area contributed by atoms with Gasteiger partial charge in [0.2, 0.25) is 0 Å². The molecule has 0 saturated heterocycles. The highest BCUT2D eigenvalue weighted by atomic mass is 16.5. The van der Waals surface area contributed by atoms with E-state index in [1.54, 1.807) is 6.20 Å². The zero-order chi connectivity index (χ0) is 10.2. The van der Waals surface area contributed by atoms with E-state index in [-0.39, 0.29) is 5.78 Å². The quantitative estimate of drug-likeness (QED) is 0.644. The number of ketones is 1. The Morgan fingerprint density at radius 2 is 2.36 bits per heavy atom. The molecular formula is C11H15NO2. The molecule has 0 spiro atoms. The molecule has 0 atom stereocenters. The van der Waals surface area contributed by atoms with Crippen molar-refractivity contribution in [1.82, 2.24) is 4.98 Å². The van der Waals surface area contributed by atoms with E-state index in [9.17, 15) is 4.79 Å². The van der Waals surface area contributed by atoms with E-state index in [0.717, 1.165) is 5.69 Å². The number of pyridine rings is 1. The van der Waals surface area contributed by atoms with Gasteiger partial charge in [0, 0.05) is 31.3 Å². The Kier molecular flexibility index (Phi) is 4.86. The van der Waals surface area contributed by atoms with Crippen LogP contribution < -0.4 is 0 Å². The molecule has 0 aliphatic rings. The predicted octanol–water partition coefficient (Wildman–Crippen LogP) is 1.62. The third-order valence-electron chi connectivity index (χ3n) is 1.83. The van der Waals surface area contributed by atoms with E-state index in [0.29, 0.717) is 26.1 Å². The van der Waals surface area contributed by atoms with Gasteiger partial charge in [-0.1, -0.05) is 6.07 Å². The van der Waals surface area contributed by atoms with Gasteiger partial charge in [-0.2, -0.15) is 0 Å². The molecule has 76 valence electrons. The second kappa shape index (κ2) is 6.27. The molecule has 0 fully saturated rings. The largest absolute Gasteiger partial charge is 0.381 e. The molecule has 0 aliphatic heterocycles. The van der Waals surface area contributed by atoms with Gasteiger partial charge in [0.05, 0.1) is 6.61 Å². The zero-order valence-corrected chi connectivity index (χ0v) is 8.40. The minimum atomic E-state index is 0.178. The van der Waals surface area contributed by atoms with Crippen molar-refractivity contribution in [2.75, 3.05) is 13.2 Å². The average molecular weight is 193 g/mol. The van der Waals surface area contributed by atoms with E-state index in [1.807, 2.05) is 25.1 Å². The summed E-state index contributed by atoms with van der Waals surface area (Å²) in [4.78, 5) is 15.5. The van der Waals surface area contributed by atoms with Crippen molar-refractivity contribution in [3.05, 3.63) is 30.1 Å². The molecule has 14 heavy (non-hydrogen) atoms. The Balaban J connectivity index is 2.27. The molecule has 1 rings (SSSR count). The van der Waals surface area contributed by atoms with Gasteiger partial charge in [-0.05, 0) is 19.1 Å². The lowest BCUT2D eigenvalue weighted by Crippen LogP contribution is -2.07. The SMILES string of the molecule is CCOCCC(=O)Cc1ccccn1. The normalized spacial score (nSPS) is 10.1. The Morgan fingerprint density at radius 1 is 1.50 bits per heavy atom. The van der Waals surface area contributed by atoms with Gasteiger partial charge >= 0.3 is 0 Å². The number of nitrogens with zero attached hydrogens (tertiary/aromatic N) is 1. The molecular weight excluding hydrogens is 178 g/mol. The van der Waals surface area contributed by atoms with Crippen molar-refractivity contribution < 1.29 is 9.53 Å². The molecule has 3 heteroatoms. The summed E-state index contributed by atoms with van der Waals surface area (Å²) in [7, 11) is 0. The minimum Gasteiger partial charge on any atom is -0.381 e. The highest BCUT2D eigenvalue weighted by molar-refractivity contribution is 5.80. The molecule has 0 unspecified atom stereocenters. The lowest BCUT2D eigenvalue weighted by Gasteiger charge is -2.00. The van der Waals surface area contributed by atoms with Crippen LogP contribution in [0.4, 0.5) is 0 Å². The zero-order valence-electron chi connectivity index (χ0n) is 8.40. The fourth-order valence-electron chi connectivity index (χ4n) is 1.12. The Bertz CT molecular complexity index is 272. The molecule has 1 heterocycles. The van der Waals surface area contributed by atoms with Gasteiger partial charge in [-0.25, -0.2) is 0 Å². The van der Waals surface area contributed by atoms with Gasteiger partial charge in [0.15, 0.2) is 0 Å². The summed E-state index contributed by atoms with van der Waals surface area (Å²) in [5.41, 5.74) is 0.828. The fraction of sp³-hybridized carbons (Fsp3) is 0.455.